The highest BCUT2D eigenvalue weighted by atomic mass is 35.5. The molecule has 0 amide bonds. The summed E-state index contributed by atoms with van der Waals surface area (Å²) in [5, 5.41) is 23.1. The lowest BCUT2D eigenvalue weighted by Gasteiger charge is -2.47. The largest absolute Gasteiger partial charge is 0.493 e. The van der Waals surface area contributed by atoms with Crippen molar-refractivity contribution in [3.63, 3.8) is 0 Å². The van der Waals surface area contributed by atoms with E-state index < -0.39 is 11.5 Å². The van der Waals surface area contributed by atoms with Gasteiger partial charge in [-0.3, -0.25) is 4.98 Å². The van der Waals surface area contributed by atoms with Gasteiger partial charge in [0.2, 0.25) is 0 Å². The number of nitrogens with zero attached hydrogens (tertiary/aromatic N) is 4. The zero-order valence-electron chi connectivity index (χ0n) is 30.3. The number of rotatable bonds is 13. The van der Waals surface area contributed by atoms with Gasteiger partial charge in [0.15, 0.2) is 0 Å². The number of hydrogen-bond acceptors (Lipinski definition) is 7. The molecule has 2 fully saturated rings. The number of ether oxygens (including phenoxy) is 2. The van der Waals surface area contributed by atoms with Crippen molar-refractivity contribution < 1.29 is 19.4 Å². The number of halogens is 1. The van der Waals surface area contributed by atoms with E-state index in [-0.39, 0.29) is 5.41 Å². The Balaban J connectivity index is 1.02. The molecule has 10 heteroatoms. The Morgan fingerprint density at radius 2 is 1.94 bits per heavy atom. The average Bonchev–Trinajstić information content (AvgIpc) is 3.81. The number of nitrogens with one attached hydrogen (secondary N) is 1. The molecule has 2 heterocycles. The van der Waals surface area contributed by atoms with Gasteiger partial charge in [-0.05, 0) is 141 Å². The molecule has 0 saturated heterocycles. The molecule has 4 aromatic rings. The van der Waals surface area contributed by atoms with Crippen LogP contribution >= 0.6 is 11.6 Å². The second-order valence-electron chi connectivity index (χ2n) is 16.0. The van der Waals surface area contributed by atoms with Gasteiger partial charge in [-0.2, -0.15) is 0 Å². The predicted octanol–water partition coefficient (Wildman–Crippen LogP) is 8.75. The van der Waals surface area contributed by atoms with Gasteiger partial charge in [0, 0.05) is 34.1 Å². The number of anilines is 1. The topological polar surface area (TPSA) is 111 Å². The van der Waals surface area contributed by atoms with Crippen LogP contribution in [0.3, 0.4) is 0 Å². The highest BCUT2D eigenvalue weighted by Crippen LogP contribution is 2.57. The number of pyridine rings is 1. The second-order valence-corrected chi connectivity index (χ2v) is 16.5. The predicted molar refractivity (Wildman–Crippen MR) is 202 cm³/mol. The Kier molecular flexibility index (Phi) is 9.66. The van der Waals surface area contributed by atoms with Crippen molar-refractivity contribution >= 4 is 23.3 Å². The molecule has 52 heavy (non-hydrogen) atoms. The molecule has 4 aliphatic rings. The third-order valence-electron chi connectivity index (χ3n) is 12.5. The Morgan fingerprint density at radius 3 is 2.73 bits per heavy atom. The maximum Gasteiger partial charge on any atom is 0.329 e. The molecule has 2 N–H and O–H groups in total. The molecule has 0 unspecified atom stereocenters. The highest BCUT2D eigenvalue weighted by Gasteiger charge is 2.54. The molecule has 2 saturated carbocycles. The third kappa shape index (κ3) is 6.89. The molecule has 1 spiro atoms. The van der Waals surface area contributed by atoms with Crippen LogP contribution in [0.5, 0.6) is 11.5 Å². The van der Waals surface area contributed by atoms with Crippen molar-refractivity contribution in [3.8, 4) is 11.5 Å². The van der Waals surface area contributed by atoms with E-state index in [0.717, 1.165) is 49.3 Å². The summed E-state index contributed by atoms with van der Waals surface area (Å²) in [5.74, 6) is 2.73. The van der Waals surface area contributed by atoms with Crippen LogP contribution in [0.25, 0.3) is 0 Å². The fraction of sp³-hybridized carbons (Fsp3) is 0.524. The second kappa shape index (κ2) is 14.4. The Bertz CT molecular complexity index is 1920. The maximum absolute atomic E-state index is 13.0. The summed E-state index contributed by atoms with van der Waals surface area (Å²) in [6, 6.07) is 16.0. The molecule has 0 radical (unpaired) electrons. The van der Waals surface area contributed by atoms with E-state index in [1.54, 1.807) is 0 Å². The molecule has 4 aliphatic carbocycles. The number of aryl methyl sites for hydroxylation is 1. The first-order valence-corrected chi connectivity index (χ1v) is 19.6. The molecule has 2 aromatic carbocycles. The normalized spacial score (nSPS) is 25.7. The standard InChI is InChI=1S/C42H50ClN5O4/c1-27(26-52-38-13-18-44-36-8-3-5-28(2)39(36)38)21-31-22-30-11-12-34(51-20-19-48-37(25-45-47-48)29-9-10-29)24-35(30)41(31)14-16-42(17-15-41,40(49)50)46-33-7-4-6-32(43)23-33/h4,6-7,11-13,18,23-25,27-29,31,46H,3,5,8-10,14-17,19-22,26H2,1-2H3,(H,49,50)/t27-,28-,31+,41?,42?/m1/s1. The van der Waals surface area contributed by atoms with Crippen LogP contribution in [-0.2, 0) is 29.6 Å². The summed E-state index contributed by atoms with van der Waals surface area (Å²) >= 11 is 6.30. The Hall–Kier alpha value is -4.11. The first kappa shape index (κ1) is 34.9. The van der Waals surface area contributed by atoms with Gasteiger partial charge in [0.1, 0.15) is 23.6 Å². The number of carbonyl (C=O) groups is 1. The van der Waals surface area contributed by atoms with Crippen molar-refractivity contribution in [1.82, 2.24) is 20.0 Å². The van der Waals surface area contributed by atoms with Crippen molar-refractivity contribution in [3.05, 3.63) is 94.0 Å². The summed E-state index contributed by atoms with van der Waals surface area (Å²) in [6.07, 6.45) is 14.1. The summed E-state index contributed by atoms with van der Waals surface area (Å²) in [5.41, 5.74) is 5.85. The van der Waals surface area contributed by atoms with Crippen LogP contribution in [0.1, 0.15) is 112 Å². The first-order valence-electron chi connectivity index (χ1n) is 19.3. The quantitative estimate of drug-likeness (QED) is 0.141. The first-order chi connectivity index (χ1) is 25.2. The van der Waals surface area contributed by atoms with Gasteiger partial charge < -0.3 is 19.9 Å². The van der Waals surface area contributed by atoms with E-state index in [0.29, 0.717) is 61.3 Å². The van der Waals surface area contributed by atoms with Gasteiger partial charge >= 0.3 is 5.97 Å². The molecule has 9 nitrogen and oxygen atoms in total. The van der Waals surface area contributed by atoms with Gasteiger partial charge in [0.25, 0.3) is 0 Å². The summed E-state index contributed by atoms with van der Waals surface area (Å²) in [6.45, 7) is 6.39. The number of hydrogen-bond donors (Lipinski definition) is 2. The van der Waals surface area contributed by atoms with E-state index in [9.17, 15) is 9.90 Å². The fourth-order valence-corrected chi connectivity index (χ4v) is 9.74. The minimum atomic E-state index is -1.07. The van der Waals surface area contributed by atoms with Crippen molar-refractivity contribution in [2.45, 2.75) is 114 Å². The summed E-state index contributed by atoms with van der Waals surface area (Å²) < 4.78 is 15.0. The van der Waals surface area contributed by atoms with Crippen LogP contribution < -0.4 is 14.8 Å². The van der Waals surface area contributed by atoms with E-state index in [1.807, 2.05) is 47.4 Å². The molecular formula is C42H50ClN5O4. The number of fused-ring (bicyclic) bond motifs is 3. The van der Waals surface area contributed by atoms with E-state index in [4.69, 9.17) is 21.1 Å². The minimum absolute atomic E-state index is 0.159. The van der Waals surface area contributed by atoms with Crippen LogP contribution in [0.2, 0.25) is 5.02 Å². The molecule has 274 valence electrons. The van der Waals surface area contributed by atoms with E-state index in [1.165, 1.54) is 53.8 Å². The van der Waals surface area contributed by atoms with Gasteiger partial charge in [-0.25, -0.2) is 9.48 Å². The number of benzene rings is 2. The van der Waals surface area contributed by atoms with E-state index in [2.05, 4.69) is 52.7 Å². The average molecular weight is 724 g/mol. The Morgan fingerprint density at radius 1 is 1.10 bits per heavy atom. The number of aliphatic carboxylic acids is 1. The van der Waals surface area contributed by atoms with Crippen molar-refractivity contribution in [2.75, 3.05) is 18.5 Å². The lowest BCUT2D eigenvalue weighted by Crippen LogP contribution is -2.53. The van der Waals surface area contributed by atoms with E-state index >= 15 is 0 Å². The van der Waals surface area contributed by atoms with Crippen molar-refractivity contribution in [2.24, 2.45) is 11.8 Å². The molecule has 0 bridgehead atoms. The van der Waals surface area contributed by atoms with Gasteiger partial charge in [-0.1, -0.05) is 42.8 Å². The minimum Gasteiger partial charge on any atom is -0.493 e. The van der Waals surface area contributed by atoms with Gasteiger partial charge in [0.05, 0.1) is 25.0 Å². The zero-order valence-corrected chi connectivity index (χ0v) is 31.1. The summed E-state index contributed by atoms with van der Waals surface area (Å²) in [7, 11) is 0. The molecular weight excluding hydrogens is 674 g/mol. The number of carboxylic acids is 1. The van der Waals surface area contributed by atoms with Crippen LogP contribution in [0, 0.1) is 11.8 Å². The fourth-order valence-electron chi connectivity index (χ4n) is 9.55. The van der Waals surface area contributed by atoms with Crippen LogP contribution in [-0.4, -0.2) is 49.8 Å². The molecule has 2 aromatic heterocycles. The zero-order chi connectivity index (χ0) is 35.9. The van der Waals surface area contributed by atoms with Gasteiger partial charge in [-0.15, -0.1) is 5.10 Å². The lowest BCUT2D eigenvalue weighted by atomic mass is 9.59. The SMILES string of the molecule is C[C@@H](COc1ccnc2c1[C@H](C)CCC2)C[C@H]1Cc2ccc(OCCn3nncc3C3CC3)cc2C12CCC(Nc1cccc(Cl)c1)(C(=O)O)CC2. The van der Waals surface area contributed by atoms with Crippen LogP contribution in [0.4, 0.5) is 5.69 Å². The molecule has 3 atom stereocenters. The molecule has 0 aliphatic heterocycles. The smallest absolute Gasteiger partial charge is 0.329 e. The number of carboxylic acid groups (broad SMARTS) is 1. The third-order valence-corrected chi connectivity index (χ3v) is 12.7. The molecule has 8 rings (SSSR count). The Labute approximate surface area is 311 Å². The lowest BCUT2D eigenvalue weighted by molar-refractivity contribution is -0.144. The van der Waals surface area contributed by atoms with Crippen LogP contribution in [0.15, 0.2) is 60.9 Å². The monoisotopic (exact) mass is 723 g/mol. The van der Waals surface area contributed by atoms with Crippen molar-refractivity contribution in [1.29, 1.82) is 0 Å². The maximum atomic E-state index is 13.0. The summed E-state index contributed by atoms with van der Waals surface area (Å²) in [4.78, 5) is 17.7. The number of aromatic nitrogens is 4. The highest BCUT2D eigenvalue weighted by molar-refractivity contribution is 6.30.